The van der Waals surface area contributed by atoms with E-state index in [2.05, 4.69) is 27.9 Å². The van der Waals surface area contributed by atoms with Gasteiger partial charge < -0.3 is 19.5 Å². The van der Waals surface area contributed by atoms with Gasteiger partial charge in [0.15, 0.2) is 11.5 Å². The van der Waals surface area contributed by atoms with Crippen LogP contribution in [0.3, 0.4) is 0 Å². The van der Waals surface area contributed by atoms with Gasteiger partial charge in [-0.2, -0.15) is 0 Å². The number of hydrogen-bond donors (Lipinski definition) is 1. The third-order valence-corrected chi connectivity index (χ3v) is 5.16. The Balaban J connectivity index is 1.71. The van der Waals surface area contributed by atoms with Crippen LogP contribution < -0.4 is 19.5 Å². The van der Waals surface area contributed by atoms with Crippen molar-refractivity contribution < 1.29 is 18.6 Å². The molecule has 3 aromatic rings. The van der Waals surface area contributed by atoms with E-state index in [0.29, 0.717) is 36.8 Å². The molecule has 0 aliphatic carbocycles. The molecule has 0 aliphatic rings. The molecule has 4 nitrogen and oxygen atoms in total. The largest absolute Gasteiger partial charge is 0.494 e. The number of halogens is 2. The van der Waals surface area contributed by atoms with Crippen molar-refractivity contribution in [3.8, 4) is 17.2 Å². The Bertz CT molecular complexity index is 963. The van der Waals surface area contributed by atoms with Crippen LogP contribution in [0.25, 0.3) is 0 Å². The van der Waals surface area contributed by atoms with Gasteiger partial charge in [-0.1, -0.05) is 18.2 Å². The summed E-state index contributed by atoms with van der Waals surface area (Å²) in [5, 5.41) is 3.41. The molecule has 0 fully saturated rings. The Morgan fingerprint density at radius 2 is 1.63 bits per heavy atom. The first-order valence-corrected chi connectivity index (χ1v) is 11.0. The second-order valence-corrected chi connectivity index (χ2v) is 7.69. The Morgan fingerprint density at radius 1 is 0.900 bits per heavy atom. The van der Waals surface area contributed by atoms with Crippen LogP contribution in [0, 0.1) is 9.39 Å². The summed E-state index contributed by atoms with van der Waals surface area (Å²) in [6, 6.07) is 18.5. The van der Waals surface area contributed by atoms with E-state index < -0.39 is 0 Å². The molecule has 6 heteroatoms. The lowest BCUT2D eigenvalue weighted by atomic mass is 10.2. The Morgan fingerprint density at radius 3 is 2.33 bits per heavy atom. The predicted molar refractivity (Wildman–Crippen MR) is 126 cm³/mol. The fourth-order valence-electron chi connectivity index (χ4n) is 2.93. The Labute approximate surface area is 190 Å². The lowest BCUT2D eigenvalue weighted by Crippen LogP contribution is -2.05. The zero-order valence-electron chi connectivity index (χ0n) is 17.1. The van der Waals surface area contributed by atoms with Gasteiger partial charge in [0.05, 0.1) is 16.8 Å². The number of nitrogens with one attached hydrogen (secondary N) is 1. The zero-order valence-corrected chi connectivity index (χ0v) is 19.2. The fraction of sp³-hybridized carbons (Fsp3) is 0.250. The van der Waals surface area contributed by atoms with Gasteiger partial charge in [0.25, 0.3) is 0 Å². The molecule has 0 aromatic heterocycles. The van der Waals surface area contributed by atoms with Crippen LogP contribution in [0.2, 0.25) is 0 Å². The standard InChI is InChI=1S/C24H25FINO3/c1-3-28-20-11-9-19(10-12-20)27-15-17-13-22(26)24(23(14-17)29-4-2)30-16-18-7-5-6-8-21(18)25/h5-14,27H,3-4,15-16H2,1-2H3. The van der Waals surface area contributed by atoms with Crippen LogP contribution in [0.1, 0.15) is 25.0 Å². The highest BCUT2D eigenvalue weighted by atomic mass is 127. The molecular formula is C24H25FINO3. The molecular weight excluding hydrogens is 496 g/mol. The summed E-state index contributed by atoms with van der Waals surface area (Å²) in [6.07, 6.45) is 0. The van der Waals surface area contributed by atoms with E-state index in [1.54, 1.807) is 18.2 Å². The topological polar surface area (TPSA) is 39.7 Å². The minimum Gasteiger partial charge on any atom is -0.494 e. The summed E-state index contributed by atoms with van der Waals surface area (Å²) in [7, 11) is 0. The summed E-state index contributed by atoms with van der Waals surface area (Å²) in [5.74, 6) is 1.86. The maximum Gasteiger partial charge on any atom is 0.174 e. The maximum absolute atomic E-state index is 13.9. The first-order valence-electron chi connectivity index (χ1n) is 9.88. The number of benzene rings is 3. The molecule has 0 spiro atoms. The van der Waals surface area contributed by atoms with Crippen molar-refractivity contribution >= 4 is 28.3 Å². The SMILES string of the molecule is CCOc1ccc(NCc2cc(I)c(OCc3ccccc3F)c(OCC)c2)cc1. The Kier molecular flexibility index (Phi) is 8.19. The summed E-state index contributed by atoms with van der Waals surface area (Å²) in [6.45, 7) is 5.84. The van der Waals surface area contributed by atoms with E-state index in [1.807, 2.05) is 50.2 Å². The van der Waals surface area contributed by atoms with Gasteiger partial charge in [-0.15, -0.1) is 0 Å². The summed E-state index contributed by atoms with van der Waals surface area (Å²) < 4.78 is 32.0. The quantitative estimate of drug-likeness (QED) is 0.313. The van der Waals surface area contributed by atoms with E-state index in [9.17, 15) is 4.39 Å². The van der Waals surface area contributed by atoms with Crippen LogP contribution in [-0.4, -0.2) is 13.2 Å². The second kappa shape index (κ2) is 11.1. The van der Waals surface area contributed by atoms with Crippen molar-refractivity contribution in [2.75, 3.05) is 18.5 Å². The van der Waals surface area contributed by atoms with E-state index in [4.69, 9.17) is 14.2 Å². The minimum atomic E-state index is -0.276. The predicted octanol–water partition coefficient (Wildman–Crippen LogP) is 6.42. The normalized spacial score (nSPS) is 10.5. The van der Waals surface area contributed by atoms with Crippen LogP contribution >= 0.6 is 22.6 Å². The summed E-state index contributed by atoms with van der Waals surface area (Å²) in [5.41, 5.74) is 2.58. The molecule has 30 heavy (non-hydrogen) atoms. The molecule has 0 radical (unpaired) electrons. The molecule has 3 aromatic carbocycles. The first kappa shape index (κ1) is 22.2. The van der Waals surface area contributed by atoms with Gasteiger partial charge in [-0.3, -0.25) is 0 Å². The van der Waals surface area contributed by atoms with Crippen molar-refractivity contribution in [3.05, 3.63) is 81.2 Å². The molecule has 0 aliphatic heterocycles. The van der Waals surface area contributed by atoms with Crippen LogP contribution in [0.5, 0.6) is 17.2 Å². The zero-order chi connectivity index (χ0) is 21.3. The monoisotopic (exact) mass is 521 g/mol. The molecule has 1 N–H and O–H groups in total. The second-order valence-electron chi connectivity index (χ2n) is 6.53. The van der Waals surface area contributed by atoms with Gasteiger partial charge in [-0.25, -0.2) is 4.39 Å². The average molecular weight is 521 g/mol. The summed E-state index contributed by atoms with van der Waals surface area (Å²) in [4.78, 5) is 0. The number of rotatable bonds is 10. The smallest absolute Gasteiger partial charge is 0.174 e. The highest BCUT2D eigenvalue weighted by Gasteiger charge is 2.13. The molecule has 3 rings (SSSR count). The van der Waals surface area contributed by atoms with Gasteiger partial charge >= 0.3 is 0 Å². The van der Waals surface area contributed by atoms with E-state index in [0.717, 1.165) is 20.6 Å². The fourth-order valence-corrected chi connectivity index (χ4v) is 3.75. The minimum absolute atomic E-state index is 0.145. The molecule has 0 saturated carbocycles. The molecule has 0 saturated heterocycles. The van der Waals surface area contributed by atoms with Crippen molar-refractivity contribution in [2.45, 2.75) is 27.0 Å². The molecule has 0 bridgehead atoms. The van der Waals surface area contributed by atoms with E-state index in [1.165, 1.54) is 6.07 Å². The van der Waals surface area contributed by atoms with Crippen molar-refractivity contribution in [1.82, 2.24) is 0 Å². The molecule has 0 amide bonds. The lowest BCUT2D eigenvalue weighted by Gasteiger charge is -2.16. The maximum atomic E-state index is 13.9. The van der Waals surface area contributed by atoms with Crippen LogP contribution in [0.15, 0.2) is 60.7 Å². The molecule has 0 unspecified atom stereocenters. The van der Waals surface area contributed by atoms with Crippen molar-refractivity contribution in [2.24, 2.45) is 0 Å². The highest BCUT2D eigenvalue weighted by Crippen LogP contribution is 2.35. The third-order valence-electron chi connectivity index (χ3n) is 4.36. The molecule has 158 valence electrons. The van der Waals surface area contributed by atoms with Gasteiger partial charge in [-0.05, 0) is 84.5 Å². The average Bonchev–Trinajstić information content (AvgIpc) is 2.74. The van der Waals surface area contributed by atoms with Crippen molar-refractivity contribution in [3.63, 3.8) is 0 Å². The number of anilines is 1. The van der Waals surface area contributed by atoms with E-state index in [-0.39, 0.29) is 12.4 Å². The van der Waals surface area contributed by atoms with E-state index >= 15 is 0 Å². The summed E-state index contributed by atoms with van der Waals surface area (Å²) >= 11 is 2.23. The lowest BCUT2D eigenvalue weighted by molar-refractivity contribution is 0.264. The van der Waals surface area contributed by atoms with Crippen molar-refractivity contribution in [1.29, 1.82) is 0 Å². The highest BCUT2D eigenvalue weighted by molar-refractivity contribution is 14.1. The van der Waals surface area contributed by atoms with Gasteiger partial charge in [0.2, 0.25) is 0 Å². The van der Waals surface area contributed by atoms with Crippen LogP contribution in [0.4, 0.5) is 10.1 Å². The molecule has 0 heterocycles. The van der Waals surface area contributed by atoms with Crippen LogP contribution in [-0.2, 0) is 13.2 Å². The van der Waals surface area contributed by atoms with Gasteiger partial charge in [0.1, 0.15) is 18.2 Å². The third kappa shape index (κ3) is 6.01. The number of hydrogen-bond acceptors (Lipinski definition) is 4. The first-order chi connectivity index (χ1) is 14.6. The Hall–Kier alpha value is -2.48. The molecule has 0 atom stereocenters. The number of ether oxygens (including phenoxy) is 3. The van der Waals surface area contributed by atoms with Gasteiger partial charge in [0, 0.05) is 17.8 Å².